The minimum atomic E-state index is -4.95. The molecular weight excluding hydrogens is 369 g/mol. The van der Waals surface area contributed by atoms with Crippen LogP contribution in [-0.4, -0.2) is 23.6 Å². The van der Waals surface area contributed by atoms with Gasteiger partial charge in [0.05, 0.1) is 0 Å². The molecule has 0 saturated carbocycles. The van der Waals surface area contributed by atoms with E-state index in [1.807, 2.05) is 0 Å². The first-order chi connectivity index (χ1) is 12.2. The van der Waals surface area contributed by atoms with Crippen LogP contribution in [0.1, 0.15) is 12.5 Å². The van der Waals surface area contributed by atoms with Crippen LogP contribution >= 0.6 is 11.6 Å². The zero-order valence-corrected chi connectivity index (χ0v) is 14.6. The molecule has 1 aromatic heterocycles. The highest BCUT2D eigenvalue weighted by Gasteiger charge is 2.42. The van der Waals surface area contributed by atoms with Gasteiger partial charge < -0.3 is 9.32 Å². The van der Waals surface area contributed by atoms with Crippen LogP contribution in [0.5, 0.6) is 0 Å². The van der Waals surface area contributed by atoms with Crippen LogP contribution in [0.15, 0.2) is 40.8 Å². The van der Waals surface area contributed by atoms with E-state index in [9.17, 15) is 18.0 Å². The predicted octanol–water partition coefficient (Wildman–Crippen LogP) is 5.37. The number of rotatable bonds is 3. The molecule has 8 heteroatoms. The van der Waals surface area contributed by atoms with Crippen molar-refractivity contribution in [2.24, 2.45) is 0 Å². The van der Waals surface area contributed by atoms with Crippen LogP contribution in [0.3, 0.4) is 0 Å². The zero-order chi connectivity index (χ0) is 19.1. The number of carbonyl (C=O) groups excluding carboxylic acids is 1. The number of amides is 1. The number of oxazole rings is 1. The van der Waals surface area contributed by atoms with Gasteiger partial charge in [-0.3, -0.25) is 4.79 Å². The zero-order valence-electron chi connectivity index (χ0n) is 13.9. The van der Waals surface area contributed by atoms with Gasteiger partial charge in [-0.1, -0.05) is 11.6 Å². The Morgan fingerprint density at radius 1 is 1.23 bits per heavy atom. The molecule has 0 aliphatic rings. The number of aryl methyl sites for hydroxylation is 1. The summed E-state index contributed by atoms with van der Waals surface area (Å²) in [6, 6.07) is 9.73. The monoisotopic (exact) mass is 382 g/mol. The summed E-state index contributed by atoms with van der Waals surface area (Å²) in [6.45, 7) is 3.05. The van der Waals surface area contributed by atoms with E-state index in [0.29, 0.717) is 38.0 Å². The lowest BCUT2D eigenvalue weighted by Crippen LogP contribution is -2.41. The largest absolute Gasteiger partial charge is 0.471 e. The number of benzene rings is 2. The molecule has 0 radical (unpaired) electrons. The SMILES string of the molecule is CCN(C(=O)C(F)(F)F)c1cc(C)c2oc(-c3ccc(Cl)cc3)nc2c1. The van der Waals surface area contributed by atoms with Crippen molar-refractivity contribution in [1.82, 2.24) is 4.98 Å². The Balaban J connectivity index is 2.07. The lowest BCUT2D eigenvalue weighted by molar-refractivity contribution is -0.170. The van der Waals surface area contributed by atoms with Crippen LogP contribution in [0.2, 0.25) is 5.02 Å². The Labute approximate surface area is 152 Å². The molecule has 1 heterocycles. The number of halogens is 4. The maximum atomic E-state index is 12.8. The molecule has 0 unspecified atom stereocenters. The number of alkyl halides is 3. The van der Waals surface area contributed by atoms with Crippen molar-refractivity contribution >= 4 is 34.3 Å². The summed E-state index contributed by atoms with van der Waals surface area (Å²) in [5, 5.41) is 0.563. The van der Waals surface area contributed by atoms with Gasteiger partial charge in [0.15, 0.2) is 5.58 Å². The first-order valence-corrected chi connectivity index (χ1v) is 8.14. The van der Waals surface area contributed by atoms with Gasteiger partial charge in [-0.05, 0) is 55.8 Å². The van der Waals surface area contributed by atoms with Crippen LogP contribution in [0.25, 0.3) is 22.6 Å². The van der Waals surface area contributed by atoms with Gasteiger partial charge >= 0.3 is 12.1 Å². The van der Waals surface area contributed by atoms with Gasteiger partial charge in [0.1, 0.15) is 5.52 Å². The van der Waals surface area contributed by atoms with E-state index < -0.39 is 12.1 Å². The van der Waals surface area contributed by atoms with Gasteiger partial charge in [-0.15, -0.1) is 0 Å². The van der Waals surface area contributed by atoms with Crippen molar-refractivity contribution in [2.45, 2.75) is 20.0 Å². The molecule has 0 aliphatic carbocycles. The smallest absolute Gasteiger partial charge is 0.436 e. The maximum Gasteiger partial charge on any atom is 0.471 e. The van der Waals surface area contributed by atoms with E-state index in [2.05, 4.69) is 4.98 Å². The average Bonchev–Trinajstić information content (AvgIpc) is 3.00. The molecule has 1 amide bonds. The summed E-state index contributed by atoms with van der Waals surface area (Å²) in [5.41, 5.74) is 2.22. The fourth-order valence-electron chi connectivity index (χ4n) is 2.65. The Kier molecular flexibility index (Phi) is 4.66. The summed E-state index contributed by atoms with van der Waals surface area (Å²) in [6.07, 6.45) is -4.95. The second kappa shape index (κ2) is 6.64. The number of hydrogen-bond donors (Lipinski definition) is 0. The third-order valence-electron chi connectivity index (χ3n) is 3.87. The van der Waals surface area contributed by atoms with E-state index in [4.69, 9.17) is 16.0 Å². The molecule has 26 heavy (non-hydrogen) atoms. The molecule has 0 bridgehead atoms. The molecule has 3 rings (SSSR count). The molecule has 2 aromatic carbocycles. The number of aromatic nitrogens is 1. The normalized spacial score (nSPS) is 11.8. The topological polar surface area (TPSA) is 46.3 Å². The number of nitrogens with zero attached hydrogens (tertiary/aromatic N) is 2. The van der Waals surface area contributed by atoms with Crippen LogP contribution in [0.4, 0.5) is 18.9 Å². The Hall–Kier alpha value is -2.54. The van der Waals surface area contributed by atoms with E-state index in [-0.39, 0.29) is 12.2 Å². The third-order valence-corrected chi connectivity index (χ3v) is 4.12. The summed E-state index contributed by atoms with van der Waals surface area (Å²) < 4.78 is 44.2. The molecule has 4 nitrogen and oxygen atoms in total. The fraction of sp³-hybridized carbons (Fsp3) is 0.222. The van der Waals surface area contributed by atoms with Crippen molar-refractivity contribution < 1.29 is 22.4 Å². The van der Waals surface area contributed by atoms with Crippen LogP contribution in [0, 0.1) is 6.92 Å². The van der Waals surface area contributed by atoms with Gasteiger partial charge in [0.25, 0.3) is 0 Å². The summed E-state index contributed by atoms with van der Waals surface area (Å²) in [4.78, 5) is 16.7. The second-order valence-electron chi connectivity index (χ2n) is 5.68. The molecular formula is C18H14ClF3N2O2. The number of anilines is 1. The molecule has 136 valence electrons. The van der Waals surface area contributed by atoms with Gasteiger partial charge in [0, 0.05) is 22.8 Å². The Morgan fingerprint density at radius 2 is 1.88 bits per heavy atom. The first-order valence-electron chi connectivity index (χ1n) is 7.76. The van der Waals surface area contributed by atoms with E-state index in [1.54, 1.807) is 31.2 Å². The molecule has 3 aromatic rings. The summed E-state index contributed by atoms with van der Waals surface area (Å²) in [7, 11) is 0. The van der Waals surface area contributed by atoms with Gasteiger partial charge in [0.2, 0.25) is 5.89 Å². The number of hydrogen-bond acceptors (Lipinski definition) is 3. The third kappa shape index (κ3) is 3.39. The molecule has 0 spiro atoms. The predicted molar refractivity (Wildman–Crippen MR) is 93.3 cm³/mol. The Bertz CT molecular complexity index is 965. The second-order valence-corrected chi connectivity index (χ2v) is 6.12. The summed E-state index contributed by atoms with van der Waals surface area (Å²) in [5.74, 6) is -1.60. The Morgan fingerprint density at radius 3 is 2.46 bits per heavy atom. The summed E-state index contributed by atoms with van der Waals surface area (Å²) >= 11 is 5.86. The fourth-order valence-corrected chi connectivity index (χ4v) is 2.78. The molecule has 0 aliphatic heterocycles. The van der Waals surface area contributed by atoms with Gasteiger partial charge in [-0.25, -0.2) is 4.98 Å². The van der Waals surface area contributed by atoms with Crippen LogP contribution < -0.4 is 4.90 Å². The van der Waals surface area contributed by atoms with Crippen molar-refractivity contribution in [2.75, 3.05) is 11.4 Å². The first kappa shape index (κ1) is 18.3. The highest BCUT2D eigenvalue weighted by molar-refractivity contribution is 6.30. The van der Waals surface area contributed by atoms with Crippen molar-refractivity contribution in [3.8, 4) is 11.5 Å². The highest BCUT2D eigenvalue weighted by Crippen LogP contribution is 2.32. The number of fused-ring (bicyclic) bond motifs is 1. The lowest BCUT2D eigenvalue weighted by Gasteiger charge is -2.22. The molecule has 0 N–H and O–H groups in total. The van der Waals surface area contributed by atoms with E-state index >= 15 is 0 Å². The van der Waals surface area contributed by atoms with Gasteiger partial charge in [-0.2, -0.15) is 13.2 Å². The van der Waals surface area contributed by atoms with E-state index in [1.165, 1.54) is 19.1 Å². The quantitative estimate of drug-likeness (QED) is 0.611. The van der Waals surface area contributed by atoms with E-state index in [0.717, 1.165) is 0 Å². The minimum absolute atomic E-state index is 0.120. The maximum absolute atomic E-state index is 12.8. The number of carbonyl (C=O) groups is 1. The van der Waals surface area contributed by atoms with Crippen LogP contribution in [-0.2, 0) is 4.79 Å². The van der Waals surface area contributed by atoms with Crippen molar-refractivity contribution in [3.05, 3.63) is 47.0 Å². The van der Waals surface area contributed by atoms with Crippen molar-refractivity contribution in [1.29, 1.82) is 0 Å². The lowest BCUT2D eigenvalue weighted by atomic mass is 10.1. The minimum Gasteiger partial charge on any atom is -0.436 e. The molecule has 0 fully saturated rings. The average molecular weight is 383 g/mol. The highest BCUT2D eigenvalue weighted by atomic mass is 35.5. The standard InChI is InChI=1S/C18H14ClF3N2O2/c1-3-24(17(25)18(20,21)22)13-8-10(2)15-14(9-13)23-16(26-15)11-4-6-12(19)7-5-11/h4-9H,3H2,1-2H3. The molecule has 0 saturated heterocycles. The molecule has 0 atom stereocenters. The van der Waals surface area contributed by atoms with Crippen molar-refractivity contribution in [3.63, 3.8) is 0 Å².